The summed E-state index contributed by atoms with van der Waals surface area (Å²) in [6, 6.07) is 0.222. The van der Waals surface area contributed by atoms with Crippen LogP contribution in [0.15, 0.2) is 0 Å². The van der Waals surface area contributed by atoms with E-state index in [1.165, 1.54) is 0 Å². The summed E-state index contributed by atoms with van der Waals surface area (Å²) in [5.41, 5.74) is 0. The van der Waals surface area contributed by atoms with Crippen LogP contribution >= 0.6 is 0 Å². The Labute approximate surface area is 128 Å². The molecule has 0 aliphatic heterocycles. The van der Waals surface area contributed by atoms with Gasteiger partial charge in [0.15, 0.2) is 0 Å². The number of carboxylic acid groups (broad SMARTS) is 1. The molecule has 3 N–H and O–H groups in total. The number of carboxylic acids is 1. The minimum Gasteiger partial charge on any atom is -0.481 e. The Bertz CT molecular complexity index is 317. The lowest BCUT2D eigenvalue weighted by molar-refractivity contribution is -0.141. The summed E-state index contributed by atoms with van der Waals surface area (Å²) in [5, 5.41) is 15.1. The summed E-state index contributed by atoms with van der Waals surface area (Å²) in [7, 11) is 0. The topological polar surface area (TPSA) is 78.4 Å². The minimum absolute atomic E-state index is 0.0365. The number of aliphatic carboxylic acids is 1. The van der Waals surface area contributed by atoms with Crippen LogP contribution in [0.2, 0.25) is 0 Å². The number of carbonyl (C=O) groups excluding carboxylic acids is 1. The molecule has 5 nitrogen and oxygen atoms in total. The lowest BCUT2D eigenvalue weighted by Crippen LogP contribution is -2.48. The quantitative estimate of drug-likeness (QED) is 0.548. The van der Waals surface area contributed by atoms with E-state index in [1.807, 2.05) is 13.8 Å². The van der Waals surface area contributed by atoms with Crippen molar-refractivity contribution in [3.63, 3.8) is 0 Å². The Morgan fingerprint density at radius 2 is 1.62 bits per heavy atom. The highest BCUT2D eigenvalue weighted by Gasteiger charge is 2.18. The standard InChI is InChI=1S/C16H32N2O3/c1-6-14(7-2)18-15(19)13(5)17-12(4)10-8-9-11(3)16(20)21/h11-14,17H,6-10H2,1-5H3,(H,18,19)(H,20,21). The minimum atomic E-state index is -0.742. The molecular weight excluding hydrogens is 268 g/mol. The van der Waals surface area contributed by atoms with Crippen LogP contribution in [0, 0.1) is 5.92 Å². The molecule has 21 heavy (non-hydrogen) atoms. The smallest absolute Gasteiger partial charge is 0.306 e. The van der Waals surface area contributed by atoms with Gasteiger partial charge in [0.1, 0.15) is 0 Å². The van der Waals surface area contributed by atoms with Gasteiger partial charge in [0.2, 0.25) is 5.91 Å². The molecule has 0 saturated heterocycles. The van der Waals surface area contributed by atoms with Crippen molar-refractivity contribution in [2.75, 3.05) is 0 Å². The highest BCUT2D eigenvalue weighted by atomic mass is 16.4. The SMILES string of the molecule is CCC(CC)NC(=O)C(C)NC(C)CCCC(C)C(=O)O. The largest absolute Gasteiger partial charge is 0.481 e. The van der Waals surface area contributed by atoms with Crippen LogP contribution in [0.3, 0.4) is 0 Å². The van der Waals surface area contributed by atoms with Crippen LogP contribution in [-0.4, -0.2) is 35.1 Å². The van der Waals surface area contributed by atoms with E-state index in [1.54, 1.807) is 6.92 Å². The van der Waals surface area contributed by atoms with Crippen LogP contribution in [-0.2, 0) is 9.59 Å². The van der Waals surface area contributed by atoms with Crippen LogP contribution in [0.5, 0.6) is 0 Å². The molecule has 0 bridgehead atoms. The second-order valence-electron chi connectivity index (χ2n) is 5.98. The first kappa shape index (κ1) is 19.9. The van der Waals surface area contributed by atoms with Crippen molar-refractivity contribution in [2.24, 2.45) is 5.92 Å². The van der Waals surface area contributed by atoms with Gasteiger partial charge in [-0.15, -0.1) is 0 Å². The Morgan fingerprint density at radius 1 is 1.05 bits per heavy atom. The summed E-state index contributed by atoms with van der Waals surface area (Å²) in [6.45, 7) is 9.77. The van der Waals surface area contributed by atoms with E-state index in [2.05, 4.69) is 24.5 Å². The monoisotopic (exact) mass is 300 g/mol. The maximum atomic E-state index is 12.0. The van der Waals surface area contributed by atoms with E-state index in [9.17, 15) is 9.59 Å². The molecule has 5 heteroatoms. The fourth-order valence-electron chi connectivity index (χ4n) is 2.26. The molecule has 0 aromatic heterocycles. The third kappa shape index (κ3) is 8.71. The molecule has 0 fully saturated rings. The number of amides is 1. The van der Waals surface area contributed by atoms with Gasteiger partial charge in [-0.2, -0.15) is 0 Å². The van der Waals surface area contributed by atoms with Gasteiger partial charge in [0.05, 0.1) is 12.0 Å². The molecule has 0 aromatic rings. The van der Waals surface area contributed by atoms with Gasteiger partial charge in [-0.25, -0.2) is 0 Å². The number of hydrogen-bond donors (Lipinski definition) is 3. The molecule has 0 spiro atoms. The Hall–Kier alpha value is -1.10. The van der Waals surface area contributed by atoms with E-state index in [-0.39, 0.29) is 30.0 Å². The molecule has 0 aliphatic rings. The molecule has 0 aromatic carbocycles. The first-order valence-corrected chi connectivity index (χ1v) is 8.10. The molecule has 0 radical (unpaired) electrons. The second-order valence-corrected chi connectivity index (χ2v) is 5.98. The average Bonchev–Trinajstić information content (AvgIpc) is 2.43. The Balaban J connectivity index is 4.00. The Kier molecular flexibility index (Phi) is 10.0. The van der Waals surface area contributed by atoms with E-state index in [4.69, 9.17) is 5.11 Å². The predicted octanol–water partition coefficient (Wildman–Crippen LogP) is 2.55. The van der Waals surface area contributed by atoms with Gasteiger partial charge in [0, 0.05) is 12.1 Å². The van der Waals surface area contributed by atoms with Crippen LogP contribution in [0.25, 0.3) is 0 Å². The van der Waals surface area contributed by atoms with Gasteiger partial charge >= 0.3 is 5.97 Å². The van der Waals surface area contributed by atoms with Gasteiger partial charge in [-0.3, -0.25) is 9.59 Å². The molecule has 0 heterocycles. The lowest BCUT2D eigenvalue weighted by atomic mass is 10.0. The third-order valence-electron chi connectivity index (χ3n) is 3.96. The molecule has 3 atom stereocenters. The van der Waals surface area contributed by atoms with Crippen molar-refractivity contribution in [3.05, 3.63) is 0 Å². The normalized spacial score (nSPS) is 15.5. The van der Waals surface area contributed by atoms with E-state index in [0.717, 1.165) is 25.7 Å². The predicted molar refractivity (Wildman–Crippen MR) is 85.2 cm³/mol. The van der Waals surface area contributed by atoms with Crippen molar-refractivity contribution >= 4 is 11.9 Å². The van der Waals surface area contributed by atoms with E-state index >= 15 is 0 Å². The van der Waals surface area contributed by atoms with Crippen LogP contribution in [0.4, 0.5) is 0 Å². The first-order chi connectivity index (χ1) is 9.81. The van der Waals surface area contributed by atoms with Crippen LogP contribution in [0.1, 0.15) is 66.7 Å². The third-order valence-corrected chi connectivity index (χ3v) is 3.96. The summed E-state index contributed by atoms with van der Waals surface area (Å²) < 4.78 is 0. The number of rotatable bonds is 11. The molecular formula is C16H32N2O3. The zero-order valence-electron chi connectivity index (χ0n) is 14.1. The molecule has 3 unspecified atom stereocenters. The van der Waals surface area contributed by atoms with E-state index in [0.29, 0.717) is 6.42 Å². The summed E-state index contributed by atoms with van der Waals surface area (Å²) in [4.78, 5) is 22.8. The average molecular weight is 300 g/mol. The van der Waals surface area contributed by atoms with Gasteiger partial charge in [-0.05, 0) is 39.5 Å². The van der Waals surface area contributed by atoms with Crippen molar-refractivity contribution < 1.29 is 14.7 Å². The number of nitrogens with one attached hydrogen (secondary N) is 2. The second kappa shape index (κ2) is 10.6. The highest BCUT2D eigenvalue weighted by Crippen LogP contribution is 2.10. The highest BCUT2D eigenvalue weighted by molar-refractivity contribution is 5.81. The summed E-state index contributed by atoms with van der Waals surface area (Å²) >= 11 is 0. The first-order valence-electron chi connectivity index (χ1n) is 8.10. The maximum Gasteiger partial charge on any atom is 0.306 e. The lowest BCUT2D eigenvalue weighted by Gasteiger charge is -2.22. The molecule has 124 valence electrons. The van der Waals surface area contributed by atoms with Crippen molar-refractivity contribution in [2.45, 2.75) is 84.8 Å². The summed E-state index contributed by atoms with van der Waals surface area (Å²) in [6.07, 6.45) is 4.29. The van der Waals surface area contributed by atoms with E-state index < -0.39 is 5.97 Å². The zero-order chi connectivity index (χ0) is 16.4. The molecule has 1 amide bonds. The fourth-order valence-corrected chi connectivity index (χ4v) is 2.26. The number of hydrogen-bond acceptors (Lipinski definition) is 3. The van der Waals surface area contributed by atoms with Crippen LogP contribution < -0.4 is 10.6 Å². The zero-order valence-corrected chi connectivity index (χ0v) is 14.1. The number of carbonyl (C=O) groups is 2. The molecule has 0 saturated carbocycles. The van der Waals surface area contributed by atoms with Crippen molar-refractivity contribution in [1.29, 1.82) is 0 Å². The Morgan fingerprint density at radius 3 is 2.10 bits per heavy atom. The van der Waals surface area contributed by atoms with Gasteiger partial charge in [0.25, 0.3) is 0 Å². The summed E-state index contributed by atoms with van der Waals surface area (Å²) in [5.74, 6) is -1.00. The van der Waals surface area contributed by atoms with Crippen molar-refractivity contribution in [1.82, 2.24) is 10.6 Å². The van der Waals surface area contributed by atoms with Crippen molar-refractivity contribution in [3.8, 4) is 0 Å². The van der Waals surface area contributed by atoms with Gasteiger partial charge in [-0.1, -0.05) is 27.2 Å². The molecule has 0 rings (SSSR count). The maximum absolute atomic E-state index is 12.0. The van der Waals surface area contributed by atoms with Gasteiger partial charge < -0.3 is 15.7 Å². The fraction of sp³-hybridized carbons (Fsp3) is 0.875. The molecule has 0 aliphatic carbocycles.